The van der Waals surface area contributed by atoms with Crippen molar-refractivity contribution in [1.82, 2.24) is 10.1 Å². The van der Waals surface area contributed by atoms with Gasteiger partial charge in [0.05, 0.1) is 5.56 Å². The number of nitrogens with zero attached hydrogens (tertiary/aromatic N) is 2. The van der Waals surface area contributed by atoms with Crippen LogP contribution in [0, 0.1) is 6.92 Å². The first kappa shape index (κ1) is 19.6. The van der Waals surface area contributed by atoms with Gasteiger partial charge in [0.2, 0.25) is 5.91 Å². The number of carbonyl (C=O) groups is 3. The average molecular weight is 385 g/mol. The first-order valence-corrected chi connectivity index (χ1v) is 9.28. The van der Waals surface area contributed by atoms with Crippen LogP contribution in [-0.4, -0.2) is 40.5 Å². The van der Waals surface area contributed by atoms with Gasteiger partial charge in [0.1, 0.15) is 5.76 Å². The molecule has 0 radical (unpaired) electrons. The lowest BCUT2D eigenvalue weighted by molar-refractivity contribution is -0.128. The zero-order valence-electron chi connectivity index (χ0n) is 15.9. The van der Waals surface area contributed by atoms with E-state index in [0.717, 1.165) is 18.5 Å². The molecule has 0 aliphatic carbocycles. The van der Waals surface area contributed by atoms with Gasteiger partial charge in [-0.25, -0.2) is 4.79 Å². The molecule has 0 bridgehead atoms. The molecule has 8 nitrogen and oxygen atoms in total. The minimum absolute atomic E-state index is 0.124. The van der Waals surface area contributed by atoms with Crippen molar-refractivity contribution in [1.29, 1.82) is 0 Å². The molecule has 1 saturated heterocycles. The number of aryl methyl sites for hydroxylation is 1. The fourth-order valence-electron chi connectivity index (χ4n) is 3.04. The van der Waals surface area contributed by atoms with Gasteiger partial charge < -0.3 is 19.5 Å². The van der Waals surface area contributed by atoms with Crippen LogP contribution in [0.5, 0.6) is 0 Å². The fourth-order valence-corrected chi connectivity index (χ4v) is 3.04. The summed E-state index contributed by atoms with van der Waals surface area (Å²) >= 11 is 0. The summed E-state index contributed by atoms with van der Waals surface area (Å²) in [5.74, 6) is -0.0994. The van der Waals surface area contributed by atoms with Crippen LogP contribution in [0.15, 0.2) is 34.9 Å². The summed E-state index contributed by atoms with van der Waals surface area (Å²) in [6, 6.07) is 8.50. The number of ether oxygens (including phenoxy) is 1. The van der Waals surface area contributed by atoms with Crippen molar-refractivity contribution in [2.24, 2.45) is 0 Å². The maximum absolute atomic E-state index is 12.5. The number of anilines is 1. The van der Waals surface area contributed by atoms with Gasteiger partial charge in [0.15, 0.2) is 11.9 Å². The van der Waals surface area contributed by atoms with E-state index in [1.54, 1.807) is 43.0 Å². The number of amides is 2. The van der Waals surface area contributed by atoms with Gasteiger partial charge in [-0.15, -0.1) is 0 Å². The number of hydrogen-bond acceptors (Lipinski definition) is 6. The third-order valence-electron chi connectivity index (χ3n) is 4.50. The van der Waals surface area contributed by atoms with Crippen molar-refractivity contribution in [2.45, 2.75) is 45.8 Å². The standard InChI is InChI=1S/C20H23N3O5/c1-3-16(19(25)21-17-10-13(2)28-22-17)27-20(26)15-7-4-6-14(11-15)12-23-9-5-8-18(23)24/h4,6-7,10-11,16H,3,5,8-9,12H2,1-2H3,(H,21,22,25). The highest BCUT2D eigenvalue weighted by atomic mass is 16.5. The number of aromatic nitrogens is 1. The maximum atomic E-state index is 12.5. The Morgan fingerprint density at radius 1 is 1.36 bits per heavy atom. The van der Waals surface area contributed by atoms with Crippen molar-refractivity contribution in [3.05, 3.63) is 47.2 Å². The summed E-state index contributed by atoms with van der Waals surface area (Å²) in [5.41, 5.74) is 1.19. The van der Waals surface area contributed by atoms with E-state index in [1.807, 2.05) is 6.07 Å². The second kappa shape index (κ2) is 8.69. The Hall–Kier alpha value is -3.16. The van der Waals surface area contributed by atoms with Crippen molar-refractivity contribution < 1.29 is 23.6 Å². The molecule has 0 spiro atoms. The molecule has 8 heteroatoms. The summed E-state index contributed by atoms with van der Waals surface area (Å²) in [5, 5.41) is 6.27. The summed E-state index contributed by atoms with van der Waals surface area (Å²) in [7, 11) is 0. The van der Waals surface area contributed by atoms with Gasteiger partial charge in [-0.2, -0.15) is 0 Å². The van der Waals surface area contributed by atoms with Crippen LogP contribution < -0.4 is 5.32 Å². The van der Waals surface area contributed by atoms with Gasteiger partial charge in [-0.1, -0.05) is 24.2 Å². The SMILES string of the molecule is CCC(OC(=O)c1cccc(CN2CCCC2=O)c1)C(=O)Nc1cc(C)on1. The molecule has 1 unspecified atom stereocenters. The molecule has 0 saturated carbocycles. The molecule has 1 N–H and O–H groups in total. The van der Waals surface area contributed by atoms with E-state index < -0.39 is 18.0 Å². The van der Waals surface area contributed by atoms with E-state index in [1.165, 1.54) is 0 Å². The largest absolute Gasteiger partial charge is 0.449 e. The smallest absolute Gasteiger partial charge is 0.338 e. The first-order chi connectivity index (χ1) is 13.5. The molecule has 3 rings (SSSR count). The molecule has 1 atom stereocenters. The fraction of sp³-hybridized carbons (Fsp3) is 0.400. The Labute approximate surface area is 162 Å². The molecule has 1 aliphatic rings. The molecule has 28 heavy (non-hydrogen) atoms. The third-order valence-corrected chi connectivity index (χ3v) is 4.50. The highest BCUT2D eigenvalue weighted by Crippen LogP contribution is 2.17. The van der Waals surface area contributed by atoms with Gasteiger partial charge in [0.25, 0.3) is 5.91 Å². The van der Waals surface area contributed by atoms with E-state index in [2.05, 4.69) is 10.5 Å². The van der Waals surface area contributed by atoms with Crippen molar-refractivity contribution in [3.8, 4) is 0 Å². The Balaban J connectivity index is 1.62. The van der Waals surface area contributed by atoms with E-state index in [-0.39, 0.29) is 11.7 Å². The Morgan fingerprint density at radius 3 is 2.82 bits per heavy atom. The predicted molar refractivity (Wildman–Crippen MR) is 100 cm³/mol. The van der Waals surface area contributed by atoms with Gasteiger partial charge in [-0.05, 0) is 37.5 Å². The lowest BCUT2D eigenvalue weighted by atomic mass is 10.1. The minimum Gasteiger partial charge on any atom is -0.449 e. The second-order valence-corrected chi connectivity index (χ2v) is 6.73. The van der Waals surface area contributed by atoms with Crippen molar-refractivity contribution >= 4 is 23.6 Å². The van der Waals surface area contributed by atoms with Crippen LogP contribution >= 0.6 is 0 Å². The van der Waals surface area contributed by atoms with Gasteiger partial charge in [-0.3, -0.25) is 9.59 Å². The minimum atomic E-state index is -0.951. The Morgan fingerprint density at radius 2 is 2.18 bits per heavy atom. The van der Waals surface area contributed by atoms with Crippen LogP contribution in [0.2, 0.25) is 0 Å². The topological polar surface area (TPSA) is 102 Å². The van der Waals surface area contributed by atoms with Crippen LogP contribution in [0.3, 0.4) is 0 Å². The van der Waals surface area contributed by atoms with E-state index in [0.29, 0.717) is 30.7 Å². The molecule has 1 fully saturated rings. The molecule has 2 aromatic rings. The normalized spacial score (nSPS) is 14.8. The molecule has 2 amide bonds. The summed E-state index contributed by atoms with van der Waals surface area (Å²) < 4.78 is 10.3. The number of likely N-dealkylation sites (tertiary alicyclic amines) is 1. The zero-order valence-corrected chi connectivity index (χ0v) is 15.9. The number of benzene rings is 1. The quantitative estimate of drug-likeness (QED) is 0.735. The van der Waals surface area contributed by atoms with Gasteiger partial charge >= 0.3 is 5.97 Å². The lowest BCUT2D eigenvalue weighted by Gasteiger charge is -2.17. The highest BCUT2D eigenvalue weighted by Gasteiger charge is 2.24. The molecule has 148 valence electrons. The first-order valence-electron chi connectivity index (χ1n) is 9.28. The zero-order chi connectivity index (χ0) is 20.1. The number of hydrogen-bond donors (Lipinski definition) is 1. The van der Waals surface area contributed by atoms with E-state index >= 15 is 0 Å². The van der Waals surface area contributed by atoms with Crippen molar-refractivity contribution in [2.75, 3.05) is 11.9 Å². The average Bonchev–Trinajstić information content (AvgIpc) is 3.27. The molecule has 1 aromatic carbocycles. The molecular weight excluding hydrogens is 362 g/mol. The van der Waals surface area contributed by atoms with Crippen molar-refractivity contribution in [3.63, 3.8) is 0 Å². The predicted octanol–water partition coefficient (Wildman–Crippen LogP) is 2.68. The maximum Gasteiger partial charge on any atom is 0.338 e. The number of nitrogens with one attached hydrogen (secondary N) is 1. The second-order valence-electron chi connectivity index (χ2n) is 6.73. The van der Waals surface area contributed by atoms with Crippen LogP contribution in [0.25, 0.3) is 0 Å². The number of esters is 1. The van der Waals surface area contributed by atoms with Crippen LogP contribution in [0.4, 0.5) is 5.82 Å². The lowest BCUT2D eigenvalue weighted by Crippen LogP contribution is -2.32. The molecule has 2 heterocycles. The number of rotatable bonds is 7. The third kappa shape index (κ3) is 4.76. The Bertz CT molecular complexity index is 876. The summed E-state index contributed by atoms with van der Waals surface area (Å²) in [6.07, 6.45) is 0.795. The van der Waals surface area contributed by atoms with Gasteiger partial charge in [0, 0.05) is 25.6 Å². The van der Waals surface area contributed by atoms with E-state index in [4.69, 9.17) is 9.26 Å². The Kier molecular flexibility index (Phi) is 6.08. The molecule has 1 aliphatic heterocycles. The van der Waals surface area contributed by atoms with Crippen LogP contribution in [0.1, 0.15) is 47.9 Å². The summed E-state index contributed by atoms with van der Waals surface area (Å²) in [6.45, 7) is 4.65. The van der Waals surface area contributed by atoms with Crippen LogP contribution in [-0.2, 0) is 20.9 Å². The highest BCUT2D eigenvalue weighted by molar-refractivity contribution is 5.97. The monoisotopic (exact) mass is 385 g/mol. The van der Waals surface area contributed by atoms with E-state index in [9.17, 15) is 14.4 Å². The molecule has 1 aromatic heterocycles. The number of carbonyl (C=O) groups excluding carboxylic acids is 3. The molecular formula is C20H23N3O5. The summed E-state index contributed by atoms with van der Waals surface area (Å²) in [4.78, 5) is 38.4.